The van der Waals surface area contributed by atoms with E-state index in [1.165, 1.54) is 0 Å². The molecule has 1 atom stereocenters. The molecule has 0 radical (unpaired) electrons. The molecule has 1 saturated heterocycles. The fourth-order valence-corrected chi connectivity index (χ4v) is 1.92. The molecule has 1 heterocycles. The highest BCUT2D eigenvalue weighted by atomic mass is 16.5. The summed E-state index contributed by atoms with van der Waals surface area (Å²) < 4.78 is 10.5. The highest BCUT2D eigenvalue weighted by Crippen LogP contribution is 1.93. The Labute approximate surface area is 115 Å². The number of piperazine rings is 1. The van der Waals surface area contributed by atoms with Crippen molar-refractivity contribution in [3.63, 3.8) is 0 Å². The topological polar surface area (TPSA) is 62.8 Å². The minimum absolute atomic E-state index is 0.0494. The van der Waals surface area contributed by atoms with Gasteiger partial charge < -0.3 is 20.1 Å². The number of ether oxygens (including phenoxy) is 2. The molecule has 2 N–H and O–H groups in total. The first-order valence-electron chi connectivity index (χ1n) is 7.14. The maximum atomic E-state index is 11.7. The fraction of sp³-hybridized carbons (Fsp3) is 0.923. The van der Waals surface area contributed by atoms with Crippen LogP contribution in [0.15, 0.2) is 0 Å². The Balaban J connectivity index is 2.02. The first-order valence-corrected chi connectivity index (χ1v) is 7.14. The Morgan fingerprint density at radius 3 is 2.79 bits per heavy atom. The molecule has 6 heteroatoms. The third-order valence-corrected chi connectivity index (χ3v) is 3.11. The molecule has 1 unspecified atom stereocenters. The van der Waals surface area contributed by atoms with E-state index in [-0.39, 0.29) is 5.91 Å². The van der Waals surface area contributed by atoms with E-state index in [4.69, 9.17) is 9.47 Å². The molecule has 0 aromatic carbocycles. The number of carbonyl (C=O) groups is 1. The van der Waals surface area contributed by atoms with Gasteiger partial charge >= 0.3 is 0 Å². The molecule has 19 heavy (non-hydrogen) atoms. The van der Waals surface area contributed by atoms with Crippen LogP contribution in [0.3, 0.4) is 0 Å². The van der Waals surface area contributed by atoms with Crippen molar-refractivity contribution in [3.8, 4) is 0 Å². The van der Waals surface area contributed by atoms with E-state index in [1.54, 1.807) is 6.92 Å². The van der Waals surface area contributed by atoms with Crippen molar-refractivity contribution in [1.29, 1.82) is 0 Å². The van der Waals surface area contributed by atoms with Crippen molar-refractivity contribution in [2.24, 2.45) is 0 Å². The summed E-state index contributed by atoms with van der Waals surface area (Å²) in [5.41, 5.74) is 0. The largest absolute Gasteiger partial charge is 0.379 e. The lowest BCUT2D eigenvalue weighted by atomic mass is 10.3. The van der Waals surface area contributed by atoms with Crippen LogP contribution in [-0.4, -0.2) is 76.0 Å². The molecule has 0 spiro atoms. The highest BCUT2D eigenvalue weighted by Gasteiger charge is 2.14. The van der Waals surface area contributed by atoms with Gasteiger partial charge in [0.05, 0.1) is 13.2 Å². The molecule has 0 bridgehead atoms. The molecule has 112 valence electrons. The van der Waals surface area contributed by atoms with Gasteiger partial charge in [-0.05, 0) is 13.8 Å². The highest BCUT2D eigenvalue weighted by molar-refractivity contribution is 5.80. The van der Waals surface area contributed by atoms with Crippen molar-refractivity contribution in [1.82, 2.24) is 15.5 Å². The summed E-state index contributed by atoms with van der Waals surface area (Å²) in [6.45, 7) is 11.1. The molecule has 0 aromatic rings. The van der Waals surface area contributed by atoms with Crippen molar-refractivity contribution in [3.05, 3.63) is 0 Å². The molecule has 1 fully saturated rings. The fourth-order valence-electron chi connectivity index (χ4n) is 1.92. The summed E-state index contributed by atoms with van der Waals surface area (Å²) in [5.74, 6) is -0.0494. The van der Waals surface area contributed by atoms with Crippen LogP contribution in [-0.2, 0) is 14.3 Å². The minimum atomic E-state index is -0.413. The van der Waals surface area contributed by atoms with Gasteiger partial charge in [-0.3, -0.25) is 9.69 Å². The number of nitrogens with zero attached hydrogens (tertiary/aromatic N) is 1. The molecule has 1 aliphatic heterocycles. The van der Waals surface area contributed by atoms with Crippen LogP contribution in [0.1, 0.15) is 13.8 Å². The first kappa shape index (κ1) is 16.4. The molecule has 1 aliphatic rings. The Hall–Kier alpha value is -0.690. The van der Waals surface area contributed by atoms with Crippen molar-refractivity contribution in [2.45, 2.75) is 20.0 Å². The molecule has 1 amide bonds. The average Bonchev–Trinajstić information content (AvgIpc) is 2.44. The van der Waals surface area contributed by atoms with Gasteiger partial charge in [0, 0.05) is 45.9 Å². The lowest BCUT2D eigenvalue weighted by Gasteiger charge is -2.27. The number of carbonyl (C=O) groups excluding carboxylic acids is 1. The van der Waals surface area contributed by atoms with E-state index >= 15 is 0 Å². The van der Waals surface area contributed by atoms with E-state index in [0.717, 1.165) is 32.7 Å². The van der Waals surface area contributed by atoms with Crippen molar-refractivity contribution >= 4 is 5.91 Å². The average molecular weight is 273 g/mol. The Bertz CT molecular complexity index is 245. The van der Waals surface area contributed by atoms with Crippen LogP contribution in [0, 0.1) is 0 Å². The zero-order chi connectivity index (χ0) is 13.9. The molecular weight excluding hydrogens is 246 g/mol. The lowest BCUT2D eigenvalue weighted by molar-refractivity contribution is -0.132. The zero-order valence-electron chi connectivity index (χ0n) is 12.1. The van der Waals surface area contributed by atoms with Crippen LogP contribution in [0.2, 0.25) is 0 Å². The summed E-state index contributed by atoms with van der Waals surface area (Å²) >= 11 is 0. The van der Waals surface area contributed by atoms with Crippen LogP contribution in [0.5, 0.6) is 0 Å². The monoisotopic (exact) mass is 273 g/mol. The van der Waals surface area contributed by atoms with Crippen molar-refractivity contribution in [2.75, 3.05) is 59.1 Å². The van der Waals surface area contributed by atoms with E-state index in [2.05, 4.69) is 15.5 Å². The predicted octanol–water partition coefficient (Wildman–Crippen LogP) is -0.551. The van der Waals surface area contributed by atoms with Crippen LogP contribution >= 0.6 is 0 Å². The second kappa shape index (κ2) is 10.1. The number of nitrogens with one attached hydrogen (secondary N) is 2. The van der Waals surface area contributed by atoms with E-state index in [9.17, 15) is 4.79 Å². The maximum absolute atomic E-state index is 11.7. The predicted molar refractivity (Wildman–Crippen MR) is 74.2 cm³/mol. The molecular formula is C13H27N3O3. The zero-order valence-corrected chi connectivity index (χ0v) is 12.1. The third-order valence-electron chi connectivity index (χ3n) is 3.11. The minimum Gasteiger partial charge on any atom is -0.379 e. The SMILES string of the molecule is CCOCCOC(C)C(=O)NCCN1CCNCC1. The number of hydrogen-bond donors (Lipinski definition) is 2. The molecule has 1 rings (SSSR count). The van der Waals surface area contributed by atoms with E-state index in [0.29, 0.717) is 26.4 Å². The Morgan fingerprint density at radius 2 is 2.11 bits per heavy atom. The van der Waals surface area contributed by atoms with Crippen molar-refractivity contribution < 1.29 is 14.3 Å². The number of rotatable bonds is 9. The summed E-state index contributed by atoms with van der Waals surface area (Å²) in [6.07, 6.45) is -0.413. The normalized spacial score (nSPS) is 18.2. The smallest absolute Gasteiger partial charge is 0.248 e. The molecule has 0 aliphatic carbocycles. The first-order chi connectivity index (χ1) is 9.24. The van der Waals surface area contributed by atoms with Crippen LogP contribution in [0.25, 0.3) is 0 Å². The van der Waals surface area contributed by atoms with Gasteiger partial charge in [-0.25, -0.2) is 0 Å². The summed E-state index contributed by atoms with van der Waals surface area (Å²) in [7, 11) is 0. The Kier molecular flexibility index (Phi) is 8.73. The lowest BCUT2D eigenvalue weighted by Crippen LogP contribution is -2.47. The van der Waals surface area contributed by atoms with Crippen LogP contribution in [0.4, 0.5) is 0 Å². The Morgan fingerprint density at radius 1 is 1.37 bits per heavy atom. The summed E-state index contributed by atoms with van der Waals surface area (Å²) in [4.78, 5) is 14.1. The second-order valence-electron chi connectivity index (χ2n) is 4.59. The van der Waals surface area contributed by atoms with Gasteiger partial charge in [-0.15, -0.1) is 0 Å². The molecule has 0 aromatic heterocycles. The van der Waals surface area contributed by atoms with Gasteiger partial charge in [-0.1, -0.05) is 0 Å². The van der Waals surface area contributed by atoms with Gasteiger partial charge in [0.15, 0.2) is 0 Å². The number of hydrogen-bond acceptors (Lipinski definition) is 5. The standard InChI is InChI=1S/C13H27N3O3/c1-3-18-10-11-19-12(2)13(17)15-6-9-16-7-4-14-5-8-16/h12,14H,3-11H2,1-2H3,(H,15,17). The van der Waals surface area contributed by atoms with Gasteiger partial charge in [0.1, 0.15) is 6.10 Å². The second-order valence-corrected chi connectivity index (χ2v) is 4.59. The molecule has 6 nitrogen and oxygen atoms in total. The third kappa shape index (κ3) is 7.47. The maximum Gasteiger partial charge on any atom is 0.248 e. The van der Waals surface area contributed by atoms with Gasteiger partial charge in [0.25, 0.3) is 0 Å². The summed E-state index contributed by atoms with van der Waals surface area (Å²) in [5, 5.41) is 6.21. The number of amides is 1. The van der Waals surface area contributed by atoms with Gasteiger partial charge in [0.2, 0.25) is 5.91 Å². The van der Waals surface area contributed by atoms with E-state index in [1.807, 2.05) is 6.92 Å². The molecule has 0 saturated carbocycles. The summed E-state index contributed by atoms with van der Waals surface area (Å²) in [6, 6.07) is 0. The van der Waals surface area contributed by atoms with E-state index < -0.39 is 6.10 Å². The van der Waals surface area contributed by atoms with Gasteiger partial charge in [-0.2, -0.15) is 0 Å². The van der Waals surface area contributed by atoms with Crippen LogP contribution < -0.4 is 10.6 Å². The quantitative estimate of drug-likeness (QED) is 0.552.